The molecule has 12 rings (SSSR count). The van der Waals surface area contributed by atoms with Crippen molar-refractivity contribution in [1.29, 1.82) is 0 Å². The van der Waals surface area contributed by atoms with Crippen molar-refractivity contribution in [3.63, 3.8) is 0 Å². The molecule has 0 fully saturated rings. The molecule has 0 saturated heterocycles. The number of hydrogen-bond donors (Lipinski definition) is 0. The van der Waals surface area contributed by atoms with E-state index < -0.39 is 8.07 Å². The van der Waals surface area contributed by atoms with Crippen molar-refractivity contribution in [2.75, 3.05) is 0 Å². The Morgan fingerprint density at radius 2 is 0.862 bits per heavy atom. The van der Waals surface area contributed by atoms with Gasteiger partial charge in [0.2, 0.25) is 0 Å². The third-order valence-corrected chi connectivity index (χ3v) is 19.7. The number of fused-ring (bicyclic) bond motifs is 7. The summed E-state index contributed by atoms with van der Waals surface area (Å²) in [5.41, 5.74) is 12.8. The minimum Gasteiger partial charge on any atom is -0.309 e. The summed E-state index contributed by atoms with van der Waals surface area (Å²) in [7, 11) is -2.93. The second-order valence-electron chi connectivity index (χ2n) is 19.5. The summed E-state index contributed by atoms with van der Waals surface area (Å²) in [6.07, 6.45) is 2.37. The van der Waals surface area contributed by atoms with Gasteiger partial charge >= 0.3 is 0 Å². The normalized spacial score (nSPS) is 14.6. The topological polar surface area (TPSA) is 9.86 Å². The molecule has 0 saturated carbocycles. The van der Waals surface area contributed by atoms with Crippen LogP contribution in [0.2, 0.25) is 0 Å². The van der Waals surface area contributed by atoms with Gasteiger partial charge in [-0.15, -0.1) is 0 Å². The predicted molar refractivity (Wildman–Crippen MR) is 279 cm³/mol. The van der Waals surface area contributed by atoms with E-state index >= 15 is 0 Å². The highest BCUT2D eigenvalue weighted by Gasteiger charge is 2.44. The molecule has 0 aliphatic heterocycles. The van der Waals surface area contributed by atoms with Crippen molar-refractivity contribution in [2.45, 2.75) is 51.4 Å². The van der Waals surface area contributed by atoms with Crippen LogP contribution in [0.1, 0.15) is 51.7 Å². The fourth-order valence-corrected chi connectivity index (χ4v) is 16.4. The molecule has 0 radical (unpaired) electrons. The molecule has 0 N–H and O–H groups in total. The highest BCUT2D eigenvalue weighted by Crippen LogP contribution is 2.46. The van der Waals surface area contributed by atoms with Gasteiger partial charge in [0.25, 0.3) is 0 Å². The van der Waals surface area contributed by atoms with Gasteiger partial charge in [-0.1, -0.05) is 204 Å². The Kier molecular flexibility index (Phi) is 9.05. The fourth-order valence-electron chi connectivity index (χ4n) is 11.6. The third kappa shape index (κ3) is 6.06. The Bertz CT molecular complexity index is 3550. The summed E-state index contributed by atoms with van der Waals surface area (Å²) in [5.74, 6) is 0. The standard InChI is InChI=1S/C62H52N2Si/c1-61(2)38-39-62(3,4)56-42-49(35-37-55(56)61)65(46-23-10-6-11-24-46,47-25-12-7-13-26-47)48-27-18-22-45(41-48)64-58-33-17-15-29-52(58)54-31-19-30-50(60(54)64)43-34-36-53-51-28-14-16-32-57(51)63(59(53)40-43)44-20-8-5-9-21-44/h5-37,40-42H,38-39H2,1-4H3. The lowest BCUT2D eigenvalue weighted by molar-refractivity contribution is 0.332. The van der Waals surface area contributed by atoms with E-state index in [0.717, 1.165) is 5.69 Å². The zero-order valence-electron chi connectivity index (χ0n) is 37.6. The summed E-state index contributed by atoms with van der Waals surface area (Å²) in [6.45, 7) is 9.78. The Morgan fingerprint density at radius 3 is 1.55 bits per heavy atom. The van der Waals surface area contributed by atoms with E-state index in [1.165, 1.54) is 105 Å². The molecule has 1 aliphatic carbocycles. The van der Waals surface area contributed by atoms with E-state index in [0.29, 0.717) is 0 Å². The largest absolute Gasteiger partial charge is 0.309 e. The number of rotatable bonds is 7. The second kappa shape index (κ2) is 14.9. The van der Waals surface area contributed by atoms with Crippen LogP contribution in [-0.2, 0) is 10.8 Å². The molecular formula is C62H52N2Si. The van der Waals surface area contributed by atoms with Gasteiger partial charge in [0.05, 0.1) is 22.1 Å². The quantitative estimate of drug-likeness (QED) is 0.112. The lowest BCUT2D eigenvalue weighted by Gasteiger charge is -2.43. The molecule has 11 aromatic rings. The zero-order chi connectivity index (χ0) is 43.9. The number of aromatic nitrogens is 2. The van der Waals surface area contributed by atoms with Crippen LogP contribution in [0, 0.1) is 0 Å². The van der Waals surface area contributed by atoms with Gasteiger partial charge in [-0.05, 0) is 104 Å². The van der Waals surface area contributed by atoms with Crippen LogP contribution in [0.15, 0.2) is 218 Å². The lowest BCUT2D eigenvalue weighted by Crippen LogP contribution is -2.75. The fraction of sp³-hybridized carbons (Fsp3) is 0.129. The van der Waals surface area contributed by atoms with E-state index in [1.54, 1.807) is 0 Å². The summed E-state index contributed by atoms with van der Waals surface area (Å²) in [4.78, 5) is 0. The number of nitrogens with zero attached hydrogens (tertiary/aromatic N) is 2. The van der Waals surface area contributed by atoms with Crippen molar-refractivity contribution < 1.29 is 0 Å². The summed E-state index contributed by atoms with van der Waals surface area (Å²) in [5, 5.41) is 10.6. The first-order chi connectivity index (χ1) is 31.7. The first-order valence-electron chi connectivity index (χ1n) is 23.2. The molecule has 0 bridgehead atoms. The number of para-hydroxylation sites is 4. The molecule has 1 aliphatic rings. The van der Waals surface area contributed by atoms with Crippen LogP contribution in [0.5, 0.6) is 0 Å². The minimum absolute atomic E-state index is 0.0775. The smallest absolute Gasteiger partial charge is 0.179 e. The summed E-state index contributed by atoms with van der Waals surface area (Å²) >= 11 is 0. The molecule has 0 atom stereocenters. The third-order valence-electron chi connectivity index (χ3n) is 14.9. The predicted octanol–water partition coefficient (Wildman–Crippen LogP) is 13.3. The average molecular weight is 853 g/mol. The maximum absolute atomic E-state index is 2.93. The van der Waals surface area contributed by atoms with Crippen molar-refractivity contribution in [3.05, 3.63) is 230 Å². The highest BCUT2D eigenvalue weighted by molar-refractivity contribution is 7.20. The molecule has 0 spiro atoms. The number of benzene rings is 9. The molecule has 0 amide bonds. The molecule has 2 nitrogen and oxygen atoms in total. The maximum atomic E-state index is 2.64. The molecule has 314 valence electrons. The summed E-state index contributed by atoms with van der Waals surface area (Å²) in [6, 6.07) is 82.6. The van der Waals surface area contributed by atoms with Crippen LogP contribution in [0.3, 0.4) is 0 Å². The van der Waals surface area contributed by atoms with Gasteiger partial charge < -0.3 is 9.13 Å². The Labute approximate surface area is 383 Å². The molecule has 0 unspecified atom stereocenters. The van der Waals surface area contributed by atoms with Gasteiger partial charge in [0, 0.05) is 38.5 Å². The summed E-state index contributed by atoms with van der Waals surface area (Å²) < 4.78 is 4.97. The second-order valence-corrected chi connectivity index (χ2v) is 23.3. The van der Waals surface area contributed by atoms with Crippen LogP contribution < -0.4 is 20.7 Å². The maximum Gasteiger partial charge on any atom is 0.179 e. The van der Waals surface area contributed by atoms with E-state index in [4.69, 9.17) is 0 Å². The van der Waals surface area contributed by atoms with Crippen molar-refractivity contribution in [1.82, 2.24) is 9.13 Å². The Balaban J connectivity index is 1.13. The minimum atomic E-state index is -2.93. The highest BCUT2D eigenvalue weighted by atomic mass is 28.3. The van der Waals surface area contributed by atoms with E-state index in [1.807, 2.05) is 0 Å². The van der Waals surface area contributed by atoms with E-state index in [2.05, 4.69) is 255 Å². The van der Waals surface area contributed by atoms with Gasteiger partial charge in [-0.2, -0.15) is 0 Å². The van der Waals surface area contributed by atoms with Crippen LogP contribution >= 0.6 is 0 Å². The van der Waals surface area contributed by atoms with Gasteiger partial charge in [0.1, 0.15) is 0 Å². The van der Waals surface area contributed by atoms with Crippen molar-refractivity contribution in [3.8, 4) is 22.5 Å². The molecule has 65 heavy (non-hydrogen) atoms. The van der Waals surface area contributed by atoms with Gasteiger partial charge in [-0.25, -0.2) is 0 Å². The first kappa shape index (κ1) is 39.4. The zero-order valence-corrected chi connectivity index (χ0v) is 38.6. The van der Waals surface area contributed by atoms with E-state index in [9.17, 15) is 0 Å². The molecule has 3 heteroatoms. The molecule has 2 heterocycles. The Hall–Kier alpha value is -7.20. The van der Waals surface area contributed by atoms with Crippen LogP contribution in [0.25, 0.3) is 66.1 Å². The van der Waals surface area contributed by atoms with Crippen molar-refractivity contribution in [2.24, 2.45) is 0 Å². The van der Waals surface area contributed by atoms with Crippen molar-refractivity contribution >= 4 is 72.4 Å². The van der Waals surface area contributed by atoms with Gasteiger partial charge in [-0.3, -0.25) is 0 Å². The molecule has 2 aromatic heterocycles. The number of hydrogen-bond acceptors (Lipinski definition) is 0. The van der Waals surface area contributed by atoms with Crippen LogP contribution in [-0.4, -0.2) is 17.2 Å². The Morgan fingerprint density at radius 1 is 0.354 bits per heavy atom. The SMILES string of the molecule is CC1(C)CCC(C)(C)c2cc([Si](c3ccccc3)(c3ccccc3)c3cccc(-n4c5ccccc5c5cccc(-c6ccc7c8ccccc8n(-c8ccccc8)c7c6)c54)c3)ccc21. The first-order valence-corrected chi connectivity index (χ1v) is 25.2. The molecular weight excluding hydrogens is 801 g/mol. The molecule has 9 aromatic carbocycles. The van der Waals surface area contributed by atoms with Gasteiger partial charge in [0.15, 0.2) is 8.07 Å². The lowest BCUT2D eigenvalue weighted by atomic mass is 9.63. The monoisotopic (exact) mass is 852 g/mol. The van der Waals surface area contributed by atoms with E-state index in [-0.39, 0.29) is 10.8 Å². The average Bonchev–Trinajstić information content (AvgIpc) is 3.87. The van der Waals surface area contributed by atoms with Crippen LogP contribution in [0.4, 0.5) is 0 Å².